The van der Waals surface area contributed by atoms with Crippen LogP contribution in [-0.4, -0.2) is 11.4 Å². The first-order chi connectivity index (χ1) is 12.0. The fraction of sp³-hybridized carbons (Fsp3) is 0.350. The Balaban J connectivity index is 1.63. The Labute approximate surface area is 147 Å². The minimum absolute atomic E-state index is 0.124. The highest BCUT2D eigenvalue weighted by Gasteiger charge is 2.37. The van der Waals surface area contributed by atoms with Gasteiger partial charge in [-0.15, -0.1) is 0 Å². The first kappa shape index (κ1) is 17.4. The quantitative estimate of drug-likeness (QED) is 0.865. The van der Waals surface area contributed by atoms with Gasteiger partial charge in [0.05, 0.1) is 5.54 Å². The standard InChI is InChI=1S/C20H23FN2O2/c1-14-11-17(25-13-15-5-4-6-16(21)12-15)7-8-18(14)23-19(24)20(22)9-2-3-10-20/h4-8,11-12H,2-3,9-10,13,22H2,1H3,(H,23,24). The molecule has 0 heterocycles. The molecule has 3 N–H and O–H groups in total. The van der Waals surface area contributed by atoms with Gasteiger partial charge < -0.3 is 15.8 Å². The second kappa shape index (κ2) is 7.23. The van der Waals surface area contributed by atoms with Crippen LogP contribution in [0.25, 0.3) is 0 Å². The van der Waals surface area contributed by atoms with E-state index >= 15 is 0 Å². The fourth-order valence-corrected chi connectivity index (χ4v) is 3.14. The van der Waals surface area contributed by atoms with E-state index in [1.807, 2.05) is 25.1 Å². The fourth-order valence-electron chi connectivity index (χ4n) is 3.14. The van der Waals surface area contributed by atoms with E-state index in [1.165, 1.54) is 12.1 Å². The van der Waals surface area contributed by atoms with Crippen molar-refractivity contribution >= 4 is 11.6 Å². The third-order valence-electron chi connectivity index (χ3n) is 4.69. The maximum Gasteiger partial charge on any atom is 0.244 e. The van der Waals surface area contributed by atoms with E-state index in [1.54, 1.807) is 12.1 Å². The van der Waals surface area contributed by atoms with E-state index in [2.05, 4.69) is 5.32 Å². The van der Waals surface area contributed by atoms with Gasteiger partial charge in [-0.25, -0.2) is 4.39 Å². The van der Waals surface area contributed by atoms with Crippen LogP contribution in [0.3, 0.4) is 0 Å². The summed E-state index contributed by atoms with van der Waals surface area (Å²) in [6.07, 6.45) is 3.45. The molecule has 25 heavy (non-hydrogen) atoms. The van der Waals surface area contributed by atoms with E-state index in [4.69, 9.17) is 10.5 Å². The highest BCUT2D eigenvalue weighted by atomic mass is 19.1. The van der Waals surface area contributed by atoms with Crippen LogP contribution in [-0.2, 0) is 11.4 Å². The smallest absolute Gasteiger partial charge is 0.244 e. The summed E-state index contributed by atoms with van der Waals surface area (Å²) >= 11 is 0. The first-order valence-corrected chi connectivity index (χ1v) is 8.54. The average Bonchev–Trinajstić information content (AvgIpc) is 3.03. The number of amides is 1. The number of anilines is 1. The molecule has 0 aromatic heterocycles. The number of hydrogen-bond donors (Lipinski definition) is 2. The maximum absolute atomic E-state index is 13.2. The third kappa shape index (κ3) is 4.17. The lowest BCUT2D eigenvalue weighted by Crippen LogP contribution is -2.48. The lowest BCUT2D eigenvalue weighted by atomic mass is 9.98. The monoisotopic (exact) mass is 342 g/mol. The molecule has 1 amide bonds. The molecule has 0 unspecified atom stereocenters. The van der Waals surface area contributed by atoms with Crippen molar-refractivity contribution in [1.29, 1.82) is 0 Å². The van der Waals surface area contributed by atoms with Crippen LogP contribution in [0.1, 0.15) is 36.8 Å². The van der Waals surface area contributed by atoms with Crippen molar-refractivity contribution in [1.82, 2.24) is 0 Å². The summed E-state index contributed by atoms with van der Waals surface area (Å²) in [6, 6.07) is 11.8. The van der Waals surface area contributed by atoms with Crippen LogP contribution in [0.4, 0.5) is 10.1 Å². The first-order valence-electron chi connectivity index (χ1n) is 8.54. The Bertz CT molecular complexity index is 770. The molecule has 1 aliphatic rings. The molecule has 1 fully saturated rings. The molecular formula is C20H23FN2O2. The van der Waals surface area contributed by atoms with Crippen molar-refractivity contribution < 1.29 is 13.9 Å². The van der Waals surface area contributed by atoms with Gasteiger partial charge in [0.1, 0.15) is 18.2 Å². The number of hydrogen-bond acceptors (Lipinski definition) is 3. The second-order valence-electron chi connectivity index (χ2n) is 6.71. The molecule has 0 saturated heterocycles. The maximum atomic E-state index is 13.2. The van der Waals surface area contributed by atoms with Crippen LogP contribution < -0.4 is 15.8 Å². The third-order valence-corrected chi connectivity index (χ3v) is 4.69. The number of nitrogens with one attached hydrogen (secondary N) is 1. The predicted octanol–water partition coefficient (Wildman–Crippen LogP) is 3.92. The average molecular weight is 342 g/mol. The SMILES string of the molecule is Cc1cc(OCc2cccc(F)c2)ccc1NC(=O)C1(N)CCCC1. The van der Waals surface area contributed by atoms with Crippen LogP contribution >= 0.6 is 0 Å². The Kier molecular flexibility index (Phi) is 5.04. The number of rotatable bonds is 5. The van der Waals surface area contributed by atoms with Gasteiger partial charge in [-0.2, -0.15) is 0 Å². The molecular weight excluding hydrogens is 319 g/mol. The van der Waals surface area contributed by atoms with Gasteiger partial charge in [0, 0.05) is 5.69 Å². The van der Waals surface area contributed by atoms with Gasteiger partial charge in [-0.05, 0) is 61.2 Å². The summed E-state index contributed by atoms with van der Waals surface area (Å²) in [6.45, 7) is 2.19. The largest absolute Gasteiger partial charge is 0.489 e. The minimum atomic E-state index is -0.751. The Morgan fingerprint density at radius 1 is 1.24 bits per heavy atom. The Morgan fingerprint density at radius 2 is 2.00 bits per heavy atom. The zero-order valence-electron chi connectivity index (χ0n) is 14.3. The summed E-state index contributed by atoms with van der Waals surface area (Å²) in [4.78, 5) is 12.4. The summed E-state index contributed by atoms with van der Waals surface area (Å²) in [5, 5.41) is 2.93. The van der Waals surface area contributed by atoms with Crippen molar-refractivity contribution in [2.24, 2.45) is 5.73 Å². The molecule has 0 aliphatic heterocycles. The van der Waals surface area contributed by atoms with Crippen molar-refractivity contribution in [3.8, 4) is 5.75 Å². The van der Waals surface area contributed by atoms with E-state index in [0.717, 1.165) is 42.5 Å². The molecule has 1 saturated carbocycles. The van der Waals surface area contributed by atoms with Crippen LogP contribution in [0, 0.1) is 12.7 Å². The summed E-state index contributed by atoms with van der Waals surface area (Å²) in [5.41, 5.74) is 7.83. The van der Waals surface area contributed by atoms with E-state index < -0.39 is 5.54 Å². The number of halogens is 1. The van der Waals surface area contributed by atoms with Crippen LogP contribution in [0.2, 0.25) is 0 Å². The van der Waals surface area contributed by atoms with Gasteiger partial charge in [0.2, 0.25) is 5.91 Å². The Morgan fingerprint density at radius 3 is 2.68 bits per heavy atom. The molecule has 4 nitrogen and oxygen atoms in total. The number of nitrogens with two attached hydrogens (primary N) is 1. The van der Waals surface area contributed by atoms with Crippen LogP contribution in [0.5, 0.6) is 5.75 Å². The molecule has 1 aliphatic carbocycles. The highest BCUT2D eigenvalue weighted by molar-refractivity contribution is 5.98. The minimum Gasteiger partial charge on any atom is -0.489 e. The molecule has 3 rings (SSSR count). The number of carbonyl (C=O) groups excluding carboxylic acids is 1. The number of carbonyl (C=O) groups is 1. The van der Waals surface area contributed by atoms with Crippen molar-refractivity contribution in [2.75, 3.05) is 5.32 Å². The molecule has 0 radical (unpaired) electrons. The highest BCUT2D eigenvalue weighted by Crippen LogP contribution is 2.29. The summed E-state index contributed by atoms with van der Waals surface area (Å²) in [7, 11) is 0. The van der Waals surface area contributed by atoms with Gasteiger partial charge >= 0.3 is 0 Å². The molecule has 0 bridgehead atoms. The van der Waals surface area contributed by atoms with E-state index in [0.29, 0.717) is 5.75 Å². The lowest BCUT2D eigenvalue weighted by molar-refractivity contribution is -0.121. The van der Waals surface area contributed by atoms with Crippen LogP contribution in [0.15, 0.2) is 42.5 Å². The predicted molar refractivity (Wildman–Crippen MR) is 95.9 cm³/mol. The van der Waals surface area contributed by atoms with Crippen molar-refractivity contribution in [2.45, 2.75) is 44.8 Å². The van der Waals surface area contributed by atoms with Gasteiger partial charge in [-0.1, -0.05) is 25.0 Å². The van der Waals surface area contributed by atoms with Gasteiger partial charge in [0.25, 0.3) is 0 Å². The van der Waals surface area contributed by atoms with Crippen molar-refractivity contribution in [3.05, 3.63) is 59.4 Å². The topological polar surface area (TPSA) is 64.3 Å². The van der Waals surface area contributed by atoms with E-state index in [-0.39, 0.29) is 18.3 Å². The number of aryl methyl sites for hydroxylation is 1. The Hall–Kier alpha value is -2.40. The molecule has 2 aromatic rings. The zero-order valence-corrected chi connectivity index (χ0v) is 14.3. The molecule has 5 heteroatoms. The van der Waals surface area contributed by atoms with E-state index in [9.17, 15) is 9.18 Å². The zero-order chi connectivity index (χ0) is 17.9. The molecule has 0 atom stereocenters. The summed E-state index contributed by atoms with van der Waals surface area (Å²) in [5.74, 6) is 0.266. The second-order valence-corrected chi connectivity index (χ2v) is 6.71. The van der Waals surface area contributed by atoms with Gasteiger partial charge in [-0.3, -0.25) is 4.79 Å². The van der Waals surface area contributed by atoms with Gasteiger partial charge in [0.15, 0.2) is 0 Å². The molecule has 132 valence electrons. The normalized spacial score (nSPS) is 15.8. The summed E-state index contributed by atoms with van der Waals surface area (Å²) < 4.78 is 18.9. The molecule has 2 aromatic carbocycles. The lowest BCUT2D eigenvalue weighted by Gasteiger charge is -2.23. The molecule has 0 spiro atoms. The number of ether oxygens (including phenoxy) is 1. The number of benzene rings is 2. The van der Waals surface area contributed by atoms with Crippen molar-refractivity contribution in [3.63, 3.8) is 0 Å².